The second kappa shape index (κ2) is 5.51. The Kier molecular flexibility index (Phi) is 3.73. The Morgan fingerprint density at radius 3 is 2.95 bits per heavy atom. The maximum Gasteiger partial charge on any atom is 0.227 e. The number of carbonyl (C=O) groups excluding carboxylic acids is 1. The van der Waals surface area contributed by atoms with Crippen molar-refractivity contribution in [2.24, 2.45) is 7.05 Å². The zero-order valence-corrected chi connectivity index (χ0v) is 13.4. The molecule has 0 bridgehead atoms. The molecule has 0 fully saturated rings. The number of fused-ring (bicyclic) bond motifs is 1. The number of anilines is 1. The standard InChI is InChI=1S/C14H15IN4O/c1-18-13(16-9-17-18)8-19-12-6-5-11(15)7-10(12)3-2-4-14(19)20/h5-7,9H,2-4,8H2,1H3. The number of amides is 1. The summed E-state index contributed by atoms with van der Waals surface area (Å²) in [7, 11) is 1.85. The van der Waals surface area contributed by atoms with E-state index in [0.717, 1.165) is 24.4 Å². The van der Waals surface area contributed by atoms with Crippen LogP contribution < -0.4 is 4.90 Å². The lowest BCUT2D eigenvalue weighted by Gasteiger charge is -2.22. The fourth-order valence-corrected chi connectivity index (χ4v) is 3.05. The van der Waals surface area contributed by atoms with Crippen LogP contribution in [0, 0.1) is 3.57 Å². The minimum absolute atomic E-state index is 0.160. The Bertz CT molecular complexity index is 652. The maximum absolute atomic E-state index is 12.4. The molecule has 1 aromatic carbocycles. The van der Waals surface area contributed by atoms with Crippen molar-refractivity contribution in [1.82, 2.24) is 14.8 Å². The smallest absolute Gasteiger partial charge is 0.227 e. The van der Waals surface area contributed by atoms with Crippen molar-refractivity contribution in [2.75, 3.05) is 4.90 Å². The Hall–Kier alpha value is -1.44. The van der Waals surface area contributed by atoms with Crippen LogP contribution in [0.4, 0.5) is 5.69 Å². The SMILES string of the molecule is Cn1ncnc1CN1C(=O)CCCc2cc(I)ccc21. The van der Waals surface area contributed by atoms with E-state index in [1.165, 1.54) is 15.5 Å². The van der Waals surface area contributed by atoms with Gasteiger partial charge in [-0.2, -0.15) is 5.10 Å². The quantitative estimate of drug-likeness (QED) is 0.749. The van der Waals surface area contributed by atoms with Crippen LogP contribution in [0.2, 0.25) is 0 Å². The Labute approximate surface area is 131 Å². The first-order chi connectivity index (χ1) is 9.65. The van der Waals surface area contributed by atoms with Gasteiger partial charge >= 0.3 is 0 Å². The molecule has 2 aromatic rings. The van der Waals surface area contributed by atoms with Gasteiger partial charge in [0, 0.05) is 22.7 Å². The first-order valence-electron chi connectivity index (χ1n) is 6.57. The van der Waals surface area contributed by atoms with Crippen molar-refractivity contribution in [1.29, 1.82) is 0 Å². The van der Waals surface area contributed by atoms with E-state index in [4.69, 9.17) is 0 Å². The molecule has 3 rings (SSSR count). The van der Waals surface area contributed by atoms with Crippen LogP contribution in [0.15, 0.2) is 24.5 Å². The van der Waals surface area contributed by atoms with Gasteiger partial charge in [0.2, 0.25) is 5.91 Å². The summed E-state index contributed by atoms with van der Waals surface area (Å²) in [6, 6.07) is 6.25. The summed E-state index contributed by atoms with van der Waals surface area (Å²) < 4.78 is 2.92. The number of benzene rings is 1. The number of aryl methyl sites for hydroxylation is 2. The van der Waals surface area contributed by atoms with Crippen LogP contribution in [0.25, 0.3) is 0 Å². The fraction of sp³-hybridized carbons (Fsp3) is 0.357. The molecule has 104 valence electrons. The molecule has 20 heavy (non-hydrogen) atoms. The van der Waals surface area contributed by atoms with Crippen LogP contribution >= 0.6 is 22.6 Å². The highest BCUT2D eigenvalue weighted by molar-refractivity contribution is 14.1. The summed E-state index contributed by atoms with van der Waals surface area (Å²) in [5.74, 6) is 0.956. The number of hydrogen-bond donors (Lipinski definition) is 0. The van der Waals surface area contributed by atoms with Crippen LogP contribution in [0.3, 0.4) is 0 Å². The zero-order valence-electron chi connectivity index (χ0n) is 11.2. The van der Waals surface area contributed by atoms with Crippen molar-refractivity contribution in [3.8, 4) is 0 Å². The molecule has 0 spiro atoms. The van der Waals surface area contributed by atoms with Crippen LogP contribution in [-0.2, 0) is 24.8 Å². The summed E-state index contributed by atoms with van der Waals surface area (Å²) >= 11 is 2.31. The molecule has 6 heteroatoms. The highest BCUT2D eigenvalue weighted by Gasteiger charge is 2.23. The average molecular weight is 382 g/mol. The number of rotatable bonds is 2. The molecule has 0 N–H and O–H groups in total. The first-order valence-corrected chi connectivity index (χ1v) is 7.64. The largest absolute Gasteiger partial charge is 0.305 e. The van der Waals surface area contributed by atoms with Gasteiger partial charge in [-0.25, -0.2) is 4.98 Å². The van der Waals surface area contributed by atoms with Gasteiger partial charge in [0.05, 0.1) is 6.54 Å². The van der Waals surface area contributed by atoms with E-state index < -0.39 is 0 Å². The number of nitrogens with zero attached hydrogens (tertiary/aromatic N) is 4. The third-order valence-electron chi connectivity index (χ3n) is 3.57. The van der Waals surface area contributed by atoms with Gasteiger partial charge in [-0.1, -0.05) is 0 Å². The molecule has 5 nitrogen and oxygen atoms in total. The monoisotopic (exact) mass is 382 g/mol. The highest BCUT2D eigenvalue weighted by Crippen LogP contribution is 2.29. The Morgan fingerprint density at radius 1 is 1.35 bits per heavy atom. The van der Waals surface area contributed by atoms with Crippen molar-refractivity contribution >= 4 is 34.2 Å². The molecule has 1 amide bonds. The normalized spacial score (nSPS) is 15.1. The van der Waals surface area contributed by atoms with Gasteiger partial charge in [0.1, 0.15) is 12.2 Å². The van der Waals surface area contributed by atoms with E-state index in [1.54, 1.807) is 4.68 Å². The second-order valence-corrected chi connectivity index (χ2v) is 6.15. The van der Waals surface area contributed by atoms with Gasteiger partial charge < -0.3 is 4.90 Å². The van der Waals surface area contributed by atoms with E-state index in [1.807, 2.05) is 24.1 Å². The van der Waals surface area contributed by atoms with Crippen molar-refractivity contribution in [3.05, 3.63) is 39.5 Å². The molecule has 0 saturated carbocycles. The molecular formula is C14H15IN4O. The summed E-state index contributed by atoms with van der Waals surface area (Å²) in [5, 5.41) is 4.07. The van der Waals surface area contributed by atoms with Gasteiger partial charge in [0.15, 0.2) is 0 Å². The van der Waals surface area contributed by atoms with Crippen molar-refractivity contribution < 1.29 is 4.79 Å². The molecule has 1 aromatic heterocycles. The number of hydrogen-bond acceptors (Lipinski definition) is 3. The van der Waals surface area contributed by atoms with Crippen LogP contribution in [0.5, 0.6) is 0 Å². The maximum atomic E-state index is 12.4. The molecule has 1 aliphatic heterocycles. The number of aromatic nitrogens is 3. The molecular weight excluding hydrogens is 367 g/mol. The molecule has 2 heterocycles. The number of carbonyl (C=O) groups is 1. The molecule has 0 aliphatic carbocycles. The summed E-state index contributed by atoms with van der Waals surface area (Å²) in [6.07, 6.45) is 3.96. The zero-order chi connectivity index (χ0) is 14.1. The second-order valence-electron chi connectivity index (χ2n) is 4.91. The Morgan fingerprint density at radius 2 is 2.20 bits per heavy atom. The lowest BCUT2D eigenvalue weighted by atomic mass is 10.1. The molecule has 0 saturated heterocycles. The van der Waals surface area contributed by atoms with Gasteiger partial charge in [-0.15, -0.1) is 0 Å². The summed E-state index contributed by atoms with van der Waals surface area (Å²) in [5.41, 5.74) is 2.25. The van der Waals surface area contributed by atoms with Crippen molar-refractivity contribution in [2.45, 2.75) is 25.8 Å². The summed E-state index contributed by atoms with van der Waals surface area (Å²) in [4.78, 5) is 18.4. The van der Waals surface area contributed by atoms with Gasteiger partial charge in [-0.3, -0.25) is 9.48 Å². The molecule has 0 unspecified atom stereocenters. The van der Waals surface area contributed by atoms with E-state index in [2.05, 4.69) is 38.7 Å². The van der Waals surface area contributed by atoms with E-state index in [9.17, 15) is 4.79 Å². The van der Waals surface area contributed by atoms with Crippen LogP contribution in [-0.4, -0.2) is 20.7 Å². The topological polar surface area (TPSA) is 51.0 Å². The van der Waals surface area contributed by atoms with Crippen LogP contribution in [0.1, 0.15) is 24.2 Å². The van der Waals surface area contributed by atoms with Gasteiger partial charge in [0.25, 0.3) is 0 Å². The van der Waals surface area contributed by atoms with E-state index in [0.29, 0.717) is 13.0 Å². The Balaban J connectivity index is 2.00. The third kappa shape index (κ3) is 2.56. The molecule has 1 aliphatic rings. The molecule has 0 radical (unpaired) electrons. The molecule has 0 atom stereocenters. The van der Waals surface area contributed by atoms with Crippen molar-refractivity contribution in [3.63, 3.8) is 0 Å². The fourth-order valence-electron chi connectivity index (χ4n) is 2.50. The average Bonchev–Trinajstić information content (AvgIpc) is 2.75. The minimum atomic E-state index is 0.160. The minimum Gasteiger partial charge on any atom is -0.305 e. The third-order valence-corrected chi connectivity index (χ3v) is 4.25. The first kappa shape index (κ1) is 13.5. The highest BCUT2D eigenvalue weighted by atomic mass is 127. The number of halogens is 1. The predicted octanol–water partition coefficient (Wildman–Crippen LogP) is 2.29. The van der Waals surface area contributed by atoms with E-state index >= 15 is 0 Å². The lowest BCUT2D eigenvalue weighted by molar-refractivity contribution is -0.118. The summed E-state index contributed by atoms with van der Waals surface area (Å²) in [6.45, 7) is 0.475. The lowest BCUT2D eigenvalue weighted by Crippen LogP contribution is -2.30. The van der Waals surface area contributed by atoms with Gasteiger partial charge in [-0.05, 0) is 59.2 Å². The van der Waals surface area contributed by atoms with E-state index in [-0.39, 0.29) is 5.91 Å². The predicted molar refractivity (Wildman–Crippen MR) is 84.3 cm³/mol.